The zero-order chi connectivity index (χ0) is 27.6. The average Bonchev–Trinajstić information content (AvgIpc) is 3.39. The maximum absolute atomic E-state index is 2.51. The Kier molecular flexibility index (Phi) is 5.13. The summed E-state index contributed by atoms with van der Waals surface area (Å²) in [7, 11) is 0. The summed E-state index contributed by atoms with van der Waals surface area (Å²) in [6, 6.07) is 55.5. The Balaban J connectivity index is 1.39. The topological polar surface area (TPSA) is 4.41 Å². The summed E-state index contributed by atoms with van der Waals surface area (Å²) in [6.07, 6.45) is 0. The van der Waals surface area contributed by atoms with Gasteiger partial charge in [0.05, 0.1) is 21.3 Å². The predicted molar refractivity (Wildman–Crippen MR) is 182 cm³/mol. The van der Waals surface area contributed by atoms with E-state index in [0.717, 1.165) is 0 Å². The fourth-order valence-electron chi connectivity index (χ4n) is 6.60. The van der Waals surface area contributed by atoms with E-state index in [-0.39, 0.29) is 0 Å². The first-order valence-electron chi connectivity index (χ1n) is 14.4. The smallest absolute Gasteiger partial charge is 0.0641 e. The molecule has 0 saturated carbocycles. The van der Waals surface area contributed by atoms with Gasteiger partial charge in [-0.1, -0.05) is 127 Å². The van der Waals surface area contributed by atoms with Crippen LogP contribution in [0.2, 0.25) is 0 Å². The summed E-state index contributed by atoms with van der Waals surface area (Å²) in [6.45, 7) is 0. The summed E-state index contributed by atoms with van der Waals surface area (Å²) < 4.78 is 5.10. The van der Waals surface area contributed by atoms with Gasteiger partial charge < -0.3 is 4.40 Å². The molecule has 0 atom stereocenters. The first-order chi connectivity index (χ1) is 20.8. The van der Waals surface area contributed by atoms with Crippen LogP contribution in [0.15, 0.2) is 152 Å². The monoisotopic (exact) mass is 551 g/mol. The fraction of sp³-hybridized carbons (Fsp3) is 0. The Morgan fingerprint density at radius 2 is 0.976 bits per heavy atom. The SMILES string of the molecule is c1ccc(-c2ccc(-c3ccc4c(c3)c3cccc5c6ccccc6sc6c7ccccc7ccc6n4c53)cc2)cc1. The Labute approximate surface area is 247 Å². The van der Waals surface area contributed by atoms with Gasteiger partial charge in [0.2, 0.25) is 0 Å². The van der Waals surface area contributed by atoms with Crippen molar-refractivity contribution in [2.24, 2.45) is 0 Å². The first kappa shape index (κ1) is 23.5. The van der Waals surface area contributed by atoms with E-state index >= 15 is 0 Å². The Hall–Kier alpha value is -5.18. The molecular formula is C40H25NS. The molecule has 42 heavy (non-hydrogen) atoms. The highest BCUT2D eigenvalue weighted by Crippen LogP contribution is 2.41. The van der Waals surface area contributed by atoms with Gasteiger partial charge in [-0.3, -0.25) is 0 Å². The number of hydrogen-bond donors (Lipinski definition) is 0. The molecule has 0 aliphatic rings. The lowest BCUT2D eigenvalue weighted by atomic mass is 9.99. The Morgan fingerprint density at radius 1 is 0.381 bits per heavy atom. The van der Waals surface area contributed by atoms with Crippen LogP contribution in [-0.4, -0.2) is 4.40 Å². The number of hydrogen-bond acceptors (Lipinski definition) is 1. The molecule has 0 N–H and O–H groups in total. The average molecular weight is 552 g/mol. The van der Waals surface area contributed by atoms with E-state index in [9.17, 15) is 0 Å². The van der Waals surface area contributed by atoms with Crippen molar-refractivity contribution in [3.8, 4) is 22.3 Å². The number of fused-ring (bicyclic) bond motifs is 9. The molecule has 0 aliphatic carbocycles. The van der Waals surface area contributed by atoms with Gasteiger partial charge in [0.1, 0.15) is 0 Å². The number of benzene rings is 7. The molecule has 0 radical (unpaired) electrons. The largest absolute Gasteiger partial charge is 0.307 e. The zero-order valence-corrected chi connectivity index (χ0v) is 23.6. The van der Waals surface area contributed by atoms with E-state index in [2.05, 4.69) is 156 Å². The predicted octanol–water partition coefficient (Wildman–Crippen LogP) is 11.7. The molecule has 0 bridgehead atoms. The molecule has 0 saturated heterocycles. The standard InChI is InChI=1S/C40H25NS/c1-2-9-26(10-3-1)27-17-19-28(20-18-27)30-22-23-36-35(25-30)34-15-8-14-33-32-13-6-7-16-38(32)42-40-31-12-5-4-11-29(31)21-24-37(40)41(36)39(33)34/h1-25H. The van der Waals surface area contributed by atoms with Gasteiger partial charge in [0.25, 0.3) is 0 Å². The maximum atomic E-state index is 2.51. The highest BCUT2D eigenvalue weighted by atomic mass is 32.1. The molecule has 2 heteroatoms. The third-order valence-corrected chi connectivity index (χ3v) is 9.81. The van der Waals surface area contributed by atoms with Crippen LogP contribution in [0.5, 0.6) is 0 Å². The molecule has 2 aromatic heterocycles. The van der Waals surface area contributed by atoms with Crippen LogP contribution in [0, 0.1) is 0 Å². The molecule has 9 aromatic rings. The van der Waals surface area contributed by atoms with Gasteiger partial charge >= 0.3 is 0 Å². The van der Waals surface area contributed by atoms with Crippen LogP contribution >= 0.6 is 11.3 Å². The minimum atomic E-state index is 1.23. The third kappa shape index (κ3) is 3.49. The van der Waals surface area contributed by atoms with Crippen molar-refractivity contribution < 1.29 is 0 Å². The van der Waals surface area contributed by atoms with Gasteiger partial charge in [0.15, 0.2) is 0 Å². The molecular weight excluding hydrogens is 527 g/mol. The second-order valence-corrected chi connectivity index (χ2v) is 12.0. The number of para-hydroxylation sites is 1. The van der Waals surface area contributed by atoms with Crippen molar-refractivity contribution in [3.05, 3.63) is 152 Å². The lowest BCUT2D eigenvalue weighted by molar-refractivity contribution is 1.36. The van der Waals surface area contributed by atoms with Crippen LogP contribution in [-0.2, 0) is 0 Å². The summed E-state index contributed by atoms with van der Waals surface area (Å²) in [5.41, 5.74) is 8.68. The van der Waals surface area contributed by atoms with Crippen molar-refractivity contribution in [2.45, 2.75) is 0 Å². The maximum Gasteiger partial charge on any atom is 0.0641 e. The van der Waals surface area contributed by atoms with Crippen LogP contribution in [0.3, 0.4) is 0 Å². The number of nitrogens with zero attached hydrogens (tertiary/aromatic N) is 1. The second-order valence-electron chi connectivity index (χ2n) is 10.9. The van der Waals surface area contributed by atoms with Gasteiger partial charge in [-0.15, -0.1) is 11.3 Å². The zero-order valence-electron chi connectivity index (χ0n) is 22.8. The minimum Gasteiger partial charge on any atom is -0.307 e. The molecule has 2 heterocycles. The van der Waals surface area contributed by atoms with E-state index in [4.69, 9.17) is 0 Å². The molecule has 0 amide bonds. The fourth-order valence-corrected chi connectivity index (χ4v) is 7.82. The quantitative estimate of drug-likeness (QED) is 0.201. The minimum absolute atomic E-state index is 1.23. The molecule has 0 aliphatic heterocycles. The lowest BCUT2D eigenvalue weighted by Gasteiger charge is -2.09. The summed E-state index contributed by atoms with van der Waals surface area (Å²) in [4.78, 5) is 0. The molecule has 7 aromatic carbocycles. The van der Waals surface area contributed by atoms with Crippen molar-refractivity contribution in [1.29, 1.82) is 0 Å². The summed E-state index contributed by atoms with van der Waals surface area (Å²) >= 11 is 1.88. The van der Waals surface area contributed by atoms with Crippen molar-refractivity contribution in [2.75, 3.05) is 0 Å². The lowest BCUT2D eigenvalue weighted by Crippen LogP contribution is -1.88. The summed E-state index contributed by atoms with van der Waals surface area (Å²) in [5.74, 6) is 0. The van der Waals surface area contributed by atoms with Gasteiger partial charge in [-0.2, -0.15) is 0 Å². The van der Waals surface area contributed by atoms with Crippen LogP contribution in [0.25, 0.3) is 80.5 Å². The highest BCUT2D eigenvalue weighted by Gasteiger charge is 2.16. The molecule has 0 unspecified atom stereocenters. The Bertz CT molecular complexity index is 2500. The van der Waals surface area contributed by atoms with Crippen molar-refractivity contribution in [1.82, 2.24) is 4.40 Å². The molecule has 9 rings (SSSR count). The van der Waals surface area contributed by atoms with Gasteiger partial charge in [0, 0.05) is 31.6 Å². The van der Waals surface area contributed by atoms with Crippen LogP contribution < -0.4 is 0 Å². The van der Waals surface area contributed by atoms with Gasteiger partial charge in [-0.25, -0.2) is 0 Å². The second kappa shape index (κ2) is 9.17. The van der Waals surface area contributed by atoms with E-state index < -0.39 is 0 Å². The Morgan fingerprint density at radius 3 is 1.81 bits per heavy atom. The number of aromatic nitrogens is 1. The van der Waals surface area contributed by atoms with Gasteiger partial charge in [-0.05, 0) is 51.9 Å². The first-order valence-corrected chi connectivity index (χ1v) is 15.2. The summed E-state index contributed by atoms with van der Waals surface area (Å²) in [5, 5.41) is 7.68. The van der Waals surface area contributed by atoms with E-state index in [1.807, 2.05) is 11.3 Å². The third-order valence-electron chi connectivity index (χ3n) is 8.60. The molecule has 0 fully saturated rings. The van der Waals surface area contributed by atoms with E-state index in [1.165, 1.54) is 80.5 Å². The molecule has 0 spiro atoms. The van der Waals surface area contributed by atoms with Crippen molar-refractivity contribution in [3.63, 3.8) is 0 Å². The normalized spacial score (nSPS) is 11.8. The number of rotatable bonds is 2. The highest BCUT2D eigenvalue weighted by molar-refractivity contribution is 7.25. The molecule has 1 nitrogen and oxygen atoms in total. The van der Waals surface area contributed by atoms with Crippen molar-refractivity contribution >= 4 is 69.6 Å². The van der Waals surface area contributed by atoms with E-state index in [0.29, 0.717) is 0 Å². The van der Waals surface area contributed by atoms with Crippen LogP contribution in [0.1, 0.15) is 0 Å². The van der Waals surface area contributed by atoms with Crippen LogP contribution in [0.4, 0.5) is 0 Å². The van der Waals surface area contributed by atoms with E-state index in [1.54, 1.807) is 0 Å². The molecule has 196 valence electrons.